The van der Waals surface area contributed by atoms with Gasteiger partial charge in [-0.2, -0.15) is 0 Å². The standard InChI is InChI=1S/C17H25N3O3.ClH/c1-11(2)17(22)19-13-5-4-12(3)15(8-13)20-16(21)9-14-10-23-7-6-18-14;/h4-5,8,11,14,18H,6-7,9-10H2,1-3H3,(H,19,22)(H,20,21);1H. The van der Waals surface area contributed by atoms with Crippen LogP contribution in [-0.4, -0.2) is 37.6 Å². The van der Waals surface area contributed by atoms with Crippen LogP contribution >= 0.6 is 12.4 Å². The molecule has 24 heavy (non-hydrogen) atoms. The lowest BCUT2D eigenvalue weighted by molar-refractivity contribution is -0.119. The van der Waals surface area contributed by atoms with Gasteiger partial charge in [-0.15, -0.1) is 12.4 Å². The van der Waals surface area contributed by atoms with E-state index in [2.05, 4.69) is 16.0 Å². The highest BCUT2D eigenvalue weighted by molar-refractivity contribution is 5.95. The molecule has 1 unspecified atom stereocenters. The summed E-state index contributed by atoms with van der Waals surface area (Å²) in [6.07, 6.45) is 0.363. The first-order chi connectivity index (χ1) is 11.0. The van der Waals surface area contributed by atoms with Gasteiger partial charge >= 0.3 is 0 Å². The summed E-state index contributed by atoms with van der Waals surface area (Å²) in [5.74, 6) is -0.204. The first-order valence-corrected chi connectivity index (χ1v) is 7.98. The molecular weight excluding hydrogens is 330 g/mol. The van der Waals surface area contributed by atoms with Gasteiger partial charge in [-0.05, 0) is 24.6 Å². The van der Waals surface area contributed by atoms with Crippen molar-refractivity contribution in [3.8, 4) is 0 Å². The van der Waals surface area contributed by atoms with Gasteiger partial charge in [0.15, 0.2) is 0 Å². The van der Waals surface area contributed by atoms with E-state index in [1.165, 1.54) is 0 Å². The number of morpholine rings is 1. The maximum absolute atomic E-state index is 12.2. The van der Waals surface area contributed by atoms with Crippen LogP contribution in [0, 0.1) is 12.8 Å². The number of anilines is 2. The molecule has 1 heterocycles. The molecule has 0 spiro atoms. The average Bonchev–Trinajstić information content (AvgIpc) is 2.51. The van der Waals surface area contributed by atoms with Crippen LogP contribution in [0.5, 0.6) is 0 Å². The average molecular weight is 356 g/mol. The van der Waals surface area contributed by atoms with Crippen molar-refractivity contribution in [3.05, 3.63) is 23.8 Å². The zero-order valence-corrected chi connectivity index (χ0v) is 15.2. The van der Waals surface area contributed by atoms with Gasteiger partial charge in [-0.25, -0.2) is 0 Å². The minimum atomic E-state index is -0.0910. The van der Waals surface area contributed by atoms with Gasteiger partial charge in [-0.3, -0.25) is 9.59 Å². The van der Waals surface area contributed by atoms with Crippen LogP contribution in [0.2, 0.25) is 0 Å². The molecule has 3 N–H and O–H groups in total. The molecule has 1 atom stereocenters. The van der Waals surface area contributed by atoms with Crippen molar-refractivity contribution >= 4 is 35.6 Å². The Balaban J connectivity index is 0.00000288. The Morgan fingerprint density at radius 3 is 2.71 bits per heavy atom. The zero-order valence-electron chi connectivity index (χ0n) is 14.3. The molecule has 6 nitrogen and oxygen atoms in total. The minimum absolute atomic E-state index is 0. The molecule has 1 aliphatic rings. The Kier molecular flexibility index (Phi) is 8.18. The fourth-order valence-electron chi connectivity index (χ4n) is 2.30. The third-order valence-corrected chi connectivity index (χ3v) is 3.73. The third-order valence-electron chi connectivity index (χ3n) is 3.73. The second-order valence-corrected chi connectivity index (χ2v) is 6.15. The van der Waals surface area contributed by atoms with E-state index in [9.17, 15) is 9.59 Å². The van der Waals surface area contributed by atoms with Gasteiger partial charge in [0.05, 0.1) is 13.2 Å². The van der Waals surface area contributed by atoms with Crippen molar-refractivity contribution in [2.75, 3.05) is 30.4 Å². The normalized spacial score (nSPS) is 17.1. The topological polar surface area (TPSA) is 79.5 Å². The maximum Gasteiger partial charge on any atom is 0.226 e. The number of nitrogens with one attached hydrogen (secondary N) is 3. The van der Waals surface area contributed by atoms with Crippen LogP contribution in [-0.2, 0) is 14.3 Å². The summed E-state index contributed by atoms with van der Waals surface area (Å²) in [6.45, 7) is 7.61. The van der Waals surface area contributed by atoms with Crippen LogP contribution < -0.4 is 16.0 Å². The summed E-state index contributed by atoms with van der Waals surface area (Å²) >= 11 is 0. The lowest BCUT2D eigenvalue weighted by atomic mass is 10.1. The molecule has 0 bridgehead atoms. The first-order valence-electron chi connectivity index (χ1n) is 7.98. The highest BCUT2D eigenvalue weighted by atomic mass is 35.5. The van der Waals surface area contributed by atoms with Crippen molar-refractivity contribution in [2.45, 2.75) is 33.2 Å². The summed E-state index contributed by atoms with van der Waals surface area (Å²) in [5.41, 5.74) is 2.35. The van der Waals surface area contributed by atoms with E-state index in [1.807, 2.05) is 32.9 Å². The van der Waals surface area contributed by atoms with Gasteiger partial charge in [0.25, 0.3) is 0 Å². The van der Waals surface area contributed by atoms with Gasteiger partial charge in [0, 0.05) is 36.3 Å². The molecule has 7 heteroatoms. The fourth-order valence-corrected chi connectivity index (χ4v) is 2.30. The third kappa shape index (κ3) is 6.11. The second-order valence-electron chi connectivity index (χ2n) is 6.15. The molecule has 1 fully saturated rings. The van der Waals surface area contributed by atoms with Gasteiger partial charge in [0.2, 0.25) is 11.8 Å². The first kappa shape index (κ1) is 20.4. The van der Waals surface area contributed by atoms with Gasteiger partial charge < -0.3 is 20.7 Å². The summed E-state index contributed by atoms with van der Waals surface area (Å²) in [4.78, 5) is 24.0. The van der Waals surface area contributed by atoms with E-state index in [-0.39, 0.29) is 36.2 Å². The Bertz CT molecular complexity index is 572. The number of carbonyl (C=O) groups is 2. The number of ether oxygens (including phenoxy) is 1. The lowest BCUT2D eigenvalue weighted by Crippen LogP contribution is -2.43. The second kappa shape index (κ2) is 9.61. The molecule has 2 rings (SSSR count). The number of benzene rings is 1. The molecule has 1 aromatic rings. The smallest absolute Gasteiger partial charge is 0.226 e. The highest BCUT2D eigenvalue weighted by Gasteiger charge is 2.17. The van der Waals surface area contributed by atoms with E-state index in [1.54, 1.807) is 6.07 Å². The van der Waals surface area contributed by atoms with Crippen LogP contribution in [0.4, 0.5) is 11.4 Å². The van der Waals surface area contributed by atoms with Crippen LogP contribution in [0.25, 0.3) is 0 Å². The molecule has 0 aromatic heterocycles. The van der Waals surface area contributed by atoms with E-state index in [0.29, 0.717) is 31.0 Å². The predicted octanol–water partition coefficient (Wildman–Crippen LogP) is 2.33. The number of aryl methyl sites for hydroxylation is 1. The van der Waals surface area contributed by atoms with Crippen molar-refractivity contribution in [3.63, 3.8) is 0 Å². The fraction of sp³-hybridized carbons (Fsp3) is 0.529. The van der Waals surface area contributed by atoms with Crippen LogP contribution in [0.1, 0.15) is 25.8 Å². The minimum Gasteiger partial charge on any atom is -0.378 e. The number of hydrogen-bond acceptors (Lipinski definition) is 4. The summed E-state index contributed by atoms with van der Waals surface area (Å²) in [5, 5.41) is 9.01. The Morgan fingerprint density at radius 2 is 2.08 bits per heavy atom. The van der Waals surface area contributed by atoms with E-state index >= 15 is 0 Å². The Labute approximate surface area is 149 Å². The molecule has 1 aliphatic heterocycles. The number of carbonyl (C=O) groups excluding carboxylic acids is 2. The molecule has 2 amide bonds. The summed E-state index contributed by atoms with van der Waals surface area (Å²) in [6, 6.07) is 5.56. The van der Waals surface area contributed by atoms with Gasteiger partial charge in [0.1, 0.15) is 0 Å². The van der Waals surface area contributed by atoms with Gasteiger partial charge in [-0.1, -0.05) is 19.9 Å². The molecular formula is C17H26ClN3O3. The quantitative estimate of drug-likeness (QED) is 0.757. The van der Waals surface area contributed by atoms with Crippen molar-refractivity contribution in [1.29, 1.82) is 0 Å². The number of halogens is 1. The number of amides is 2. The Morgan fingerprint density at radius 1 is 1.33 bits per heavy atom. The van der Waals surface area contributed by atoms with Crippen LogP contribution in [0.15, 0.2) is 18.2 Å². The molecule has 1 saturated heterocycles. The van der Waals surface area contributed by atoms with E-state index in [0.717, 1.165) is 12.1 Å². The van der Waals surface area contributed by atoms with E-state index < -0.39 is 0 Å². The van der Waals surface area contributed by atoms with Crippen molar-refractivity contribution < 1.29 is 14.3 Å². The largest absolute Gasteiger partial charge is 0.378 e. The lowest BCUT2D eigenvalue weighted by Gasteiger charge is -2.23. The summed E-state index contributed by atoms with van der Waals surface area (Å²) in [7, 11) is 0. The predicted molar refractivity (Wildman–Crippen MR) is 97.8 cm³/mol. The van der Waals surface area contributed by atoms with Crippen LogP contribution in [0.3, 0.4) is 0 Å². The maximum atomic E-state index is 12.2. The SMILES string of the molecule is Cc1ccc(NC(=O)C(C)C)cc1NC(=O)CC1COCCN1.Cl. The van der Waals surface area contributed by atoms with Crippen molar-refractivity contribution in [1.82, 2.24) is 5.32 Å². The number of rotatable bonds is 5. The van der Waals surface area contributed by atoms with Crippen molar-refractivity contribution in [2.24, 2.45) is 5.92 Å². The Hall–Kier alpha value is -1.63. The molecule has 134 valence electrons. The highest BCUT2D eigenvalue weighted by Crippen LogP contribution is 2.21. The molecule has 0 radical (unpaired) electrons. The molecule has 1 aromatic carbocycles. The number of hydrogen-bond donors (Lipinski definition) is 3. The van der Waals surface area contributed by atoms with E-state index in [4.69, 9.17) is 4.74 Å². The molecule has 0 saturated carbocycles. The zero-order chi connectivity index (χ0) is 16.8. The monoisotopic (exact) mass is 355 g/mol. The summed E-state index contributed by atoms with van der Waals surface area (Å²) < 4.78 is 5.35. The molecule has 0 aliphatic carbocycles.